The molecule has 1 aliphatic rings. The molecule has 0 atom stereocenters. The van der Waals surface area contributed by atoms with Crippen LogP contribution in [0.5, 0.6) is 0 Å². The van der Waals surface area contributed by atoms with Crippen molar-refractivity contribution >= 4 is 11.9 Å². The maximum absolute atomic E-state index is 13.0. The molecule has 11 heteroatoms. The number of esters is 2. The fourth-order valence-electron chi connectivity index (χ4n) is 1.05. The van der Waals surface area contributed by atoms with Crippen molar-refractivity contribution in [2.75, 3.05) is 0 Å². The number of carbonyl (C=O) groups excluding carboxylic acids is 2. The standard InChI is InChI=1S/C6F8O3/c7-3(8)1(15)17-2(16)4(9,10)5(3,11)6(12,13)14. The zero-order chi connectivity index (χ0) is 13.9. The highest BCUT2D eigenvalue weighted by molar-refractivity contribution is 5.98. The van der Waals surface area contributed by atoms with Crippen LogP contribution in [0.25, 0.3) is 0 Å². The van der Waals surface area contributed by atoms with Gasteiger partial charge in [0.1, 0.15) is 0 Å². The number of hydrogen-bond donors (Lipinski definition) is 0. The highest BCUT2D eigenvalue weighted by atomic mass is 19.4. The van der Waals surface area contributed by atoms with E-state index in [1.807, 2.05) is 0 Å². The van der Waals surface area contributed by atoms with Crippen LogP contribution in [0.4, 0.5) is 35.1 Å². The number of halogens is 8. The molecule has 1 aliphatic heterocycles. The van der Waals surface area contributed by atoms with E-state index in [-0.39, 0.29) is 0 Å². The summed E-state index contributed by atoms with van der Waals surface area (Å²) in [6.45, 7) is 0. The molecule has 1 heterocycles. The summed E-state index contributed by atoms with van der Waals surface area (Å²) in [6, 6.07) is 0. The van der Waals surface area contributed by atoms with Gasteiger partial charge < -0.3 is 4.74 Å². The molecule has 1 saturated heterocycles. The van der Waals surface area contributed by atoms with Crippen LogP contribution in [0.1, 0.15) is 0 Å². The number of alkyl halides is 8. The first-order valence-electron chi connectivity index (χ1n) is 3.58. The molecule has 1 fully saturated rings. The first-order chi connectivity index (χ1) is 7.30. The van der Waals surface area contributed by atoms with E-state index in [2.05, 4.69) is 4.74 Å². The van der Waals surface area contributed by atoms with E-state index >= 15 is 0 Å². The van der Waals surface area contributed by atoms with E-state index in [0.29, 0.717) is 0 Å². The molecule has 1 rings (SSSR count). The number of ether oxygens (including phenoxy) is 1. The highest BCUT2D eigenvalue weighted by Gasteiger charge is 2.91. The summed E-state index contributed by atoms with van der Waals surface area (Å²) in [5.41, 5.74) is -6.64. The van der Waals surface area contributed by atoms with Gasteiger partial charge >= 0.3 is 35.6 Å². The molecule has 0 aromatic heterocycles. The first kappa shape index (κ1) is 13.6. The van der Waals surface area contributed by atoms with Crippen molar-refractivity contribution in [2.24, 2.45) is 0 Å². The summed E-state index contributed by atoms with van der Waals surface area (Å²) in [5.74, 6) is -19.1. The van der Waals surface area contributed by atoms with Gasteiger partial charge in [0, 0.05) is 0 Å². The van der Waals surface area contributed by atoms with Crippen LogP contribution < -0.4 is 0 Å². The first-order valence-corrected chi connectivity index (χ1v) is 3.58. The average Bonchev–Trinajstić information content (AvgIpc) is 2.11. The molecule has 3 nitrogen and oxygen atoms in total. The Labute approximate surface area is 86.3 Å². The van der Waals surface area contributed by atoms with Crippen molar-refractivity contribution in [3.05, 3.63) is 0 Å². The lowest BCUT2D eigenvalue weighted by molar-refractivity contribution is -0.364. The monoisotopic (exact) mass is 272 g/mol. The minimum Gasteiger partial charge on any atom is -0.384 e. The second-order valence-corrected chi connectivity index (χ2v) is 2.98. The number of cyclic esters (lactones) is 2. The highest BCUT2D eigenvalue weighted by Crippen LogP contribution is 2.56. The number of rotatable bonds is 0. The Balaban J connectivity index is 3.57. The molecule has 0 radical (unpaired) electrons. The molecule has 0 aliphatic carbocycles. The zero-order valence-corrected chi connectivity index (χ0v) is 7.25. The lowest BCUT2D eigenvalue weighted by Gasteiger charge is -2.39. The second kappa shape index (κ2) is 3.07. The summed E-state index contributed by atoms with van der Waals surface area (Å²) in [4.78, 5) is 20.4. The lowest BCUT2D eigenvalue weighted by atomic mass is 9.87. The van der Waals surface area contributed by atoms with Crippen LogP contribution >= 0.6 is 0 Å². The Morgan fingerprint density at radius 3 is 1.35 bits per heavy atom. The molecule has 0 N–H and O–H groups in total. The van der Waals surface area contributed by atoms with Crippen LogP contribution in [0.3, 0.4) is 0 Å². The molecule has 0 aromatic carbocycles. The van der Waals surface area contributed by atoms with Crippen molar-refractivity contribution in [1.82, 2.24) is 0 Å². The van der Waals surface area contributed by atoms with Crippen LogP contribution in [0.2, 0.25) is 0 Å². The topological polar surface area (TPSA) is 43.4 Å². The zero-order valence-electron chi connectivity index (χ0n) is 7.25. The van der Waals surface area contributed by atoms with Crippen LogP contribution in [-0.2, 0) is 14.3 Å². The van der Waals surface area contributed by atoms with E-state index in [4.69, 9.17) is 0 Å². The smallest absolute Gasteiger partial charge is 0.384 e. The van der Waals surface area contributed by atoms with E-state index < -0.39 is 35.6 Å². The van der Waals surface area contributed by atoms with Crippen molar-refractivity contribution in [3.8, 4) is 0 Å². The third kappa shape index (κ3) is 1.33. The lowest BCUT2D eigenvalue weighted by Crippen LogP contribution is -2.74. The molecule has 0 aromatic rings. The fraction of sp³-hybridized carbons (Fsp3) is 0.667. The van der Waals surface area contributed by atoms with Crippen molar-refractivity contribution < 1.29 is 49.4 Å². The van der Waals surface area contributed by atoms with Crippen LogP contribution in [0.15, 0.2) is 0 Å². The number of carbonyl (C=O) groups is 2. The minimum atomic E-state index is -6.85. The quantitative estimate of drug-likeness (QED) is 0.382. The van der Waals surface area contributed by atoms with Crippen LogP contribution in [-0.4, -0.2) is 35.6 Å². The molecule has 0 spiro atoms. The van der Waals surface area contributed by atoms with Crippen molar-refractivity contribution in [1.29, 1.82) is 0 Å². The van der Waals surface area contributed by atoms with E-state index in [0.717, 1.165) is 0 Å². The maximum Gasteiger partial charge on any atom is 0.436 e. The van der Waals surface area contributed by atoms with Gasteiger partial charge in [-0.25, -0.2) is 14.0 Å². The van der Waals surface area contributed by atoms with Crippen molar-refractivity contribution in [3.63, 3.8) is 0 Å². The molecule has 0 unspecified atom stereocenters. The Kier molecular flexibility index (Phi) is 2.47. The summed E-state index contributed by atoms with van der Waals surface area (Å²) in [5, 5.41) is 0. The maximum atomic E-state index is 13.0. The average molecular weight is 272 g/mol. The predicted octanol–water partition coefficient (Wildman–Crippen LogP) is 1.61. The van der Waals surface area contributed by atoms with Gasteiger partial charge in [0.25, 0.3) is 0 Å². The van der Waals surface area contributed by atoms with Gasteiger partial charge in [-0.15, -0.1) is 0 Å². The predicted molar refractivity (Wildman–Crippen MR) is 30.9 cm³/mol. The van der Waals surface area contributed by atoms with Gasteiger partial charge in [-0.3, -0.25) is 0 Å². The Bertz CT molecular complexity index is 357. The second-order valence-electron chi connectivity index (χ2n) is 2.98. The van der Waals surface area contributed by atoms with Crippen molar-refractivity contribution in [2.45, 2.75) is 23.7 Å². The third-order valence-corrected chi connectivity index (χ3v) is 1.95. The Morgan fingerprint density at radius 2 is 1.12 bits per heavy atom. The van der Waals surface area contributed by atoms with E-state index in [1.165, 1.54) is 0 Å². The number of hydrogen-bond acceptors (Lipinski definition) is 3. The van der Waals surface area contributed by atoms with E-state index in [1.54, 1.807) is 0 Å². The molecule has 0 amide bonds. The van der Waals surface area contributed by atoms with Crippen LogP contribution in [0, 0.1) is 0 Å². The summed E-state index contributed by atoms with van der Waals surface area (Å²) in [6.07, 6.45) is -6.85. The van der Waals surface area contributed by atoms with Gasteiger partial charge in [-0.05, 0) is 0 Å². The van der Waals surface area contributed by atoms with Gasteiger partial charge in [0.2, 0.25) is 0 Å². The summed E-state index contributed by atoms with van der Waals surface area (Å²) in [7, 11) is 0. The summed E-state index contributed by atoms with van der Waals surface area (Å²) < 4.78 is 102. The third-order valence-electron chi connectivity index (χ3n) is 1.95. The summed E-state index contributed by atoms with van der Waals surface area (Å²) >= 11 is 0. The fourth-order valence-corrected chi connectivity index (χ4v) is 1.05. The van der Waals surface area contributed by atoms with Gasteiger partial charge in [0.15, 0.2) is 0 Å². The van der Waals surface area contributed by atoms with Gasteiger partial charge in [0.05, 0.1) is 0 Å². The molecular formula is C6F8O3. The molecule has 17 heavy (non-hydrogen) atoms. The minimum absolute atomic E-state index is 2.69. The molecule has 0 saturated carbocycles. The molecule has 0 bridgehead atoms. The normalized spacial score (nSPS) is 26.6. The van der Waals surface area contributed by atoms with Gasteiger partial charge in [-0.2, -0.15) is 30.7 Å². The SMILES string of the molecule is O=C1OC(=O)C(F)(F)C(F)(C(F)(F)F)C1(F)F. The largest absolute Gasteiger partial charge is 0.436 e. The Hall–Kier alpha value is -1.42. The van der Waals surface area contributed by atoms with E-state index in [9.17, 15) is 44.7 Å². The molecular weight excluding hydrogens is 272 g/mol. The Morgan fingerprint density at radius 1 is 0.824 bits per heavy atom. The van der Waals surface area contributed by atoms with Gasteiger partial charge in [-0.1, -0.05) is 0 Å². The molecule has 98 valence electrons.